The third kappa shape index (κ3) is 3.16. The molecule has 0 spiro atoms. The van der Waals surface area contributed by atoms with Gasteiger partial charge in [0.25, 0.3) is 0 Å². The highest BCUT2D eigenvalue weighted by molar-refractivity contribution is 7.08. The van der Waals surface area contributed by atoms with E-state index in [1.54, 1.807) is 11.3 Å². The minimum atomic E-state index is -0.00935. The van der Waals surface area contributed by atoms with E-state index in [2.05, 4.69) is 5.32 Å². The van der Waals surface area contributed by atoms with Crippen molar-refractivity contribution in [3.05, 3.63) is 16.8 Å². The van der Waals surface area contributed by atoms with E-state index in [0.717, 1.165) is 12.1 Å². The molecule has 0 aromatic carbocycles. The molecule has 0 aliphatic heterocycles. The number of carbonyl (C=O) groups excluding carboxylic acids is 1. The van der Waals surface area contributed by atoms with Gasteiger partial charge in [-0.3, -0.25) is 4.79 Å². The number of nitrogens with two attached hydrogens (primary N) is 1. The largest absolute Gasteiger partial charge is 0.330 e. The van der Waals surface area contributed by atoms with Crippen molar-refractivity contribution in [1.29, 1.82) is 0 Å². The van der Waals surface area contributed by atoms with E-state index in [1.807, 2.05) is 23.8 Å². The maximum atomic E-state index is 11.4. The summed E-state index contributed by atoms with van der Waals surface area (Å²) in [6.45, 7) is 2.44. The lowest BCUT2D eigenvalue weighted by atomic mass is 10.1. The summed E-state index contributed by atoms with van der Waals surface area (Å²) in [5.41, 5.74) is 6.24. The summed E-state index contributed by atoms with van der Waals surface area (Å²) in [6, 6.07) is 1.89. The summed E-state index contributed by atoms with van der Waals surface area (Å²) in [5.74, 6) is 0.0359. The molecule has 1 amide bonds. The van der Waals surface area contributed by atoms with E-state index in [0.29, 0.717) is 6.54 Å². The van der Waals surface area contributed by atoms with Crippen LogP contribution < -0.4 is 11.1 Å². The third-order valence-corrected chi connectivity index (χ3v) is 2.52. The van der Waals surface area contributed by atoms with Crippen LogP contribution in [0.5, 0.6) is 0 Å². The first-order valence-corrected chi connectivity index (χ1v) is 5.21. The Hall–Kier alpha value is -0.870. The monoisotopic (exact) mass is 198 g/mol. The summed E-state index contributed by atoms with van der Waals surface area (Å²) in [5, 5.41) is 6.67. The topological polar surface area (TPSA) is 55.1 Å². The molecule has 3 nitrogen and oxygen atoms in total. The Bertz CT molecular complexity index is 259. The molecule has 1 aromatic heterocycles. The standard InChI is InChI=1S/C9H14N2OS/c1-7(2-4-10)9(12)11-8-3-5-13-6-8/h3,5-7H,2,4,10H2,1H3,(H,11,12). The van der Waals surface area contributed by atoms with Crippen molar-refractivity contribution in [2.24, 2.45) is 11.7 Å². The van der Waals surface area contributed by atoms with Crippen molar-refractivity contribution in [3.63, 3.8) is 0 Å². The minimum absolute atomic E-state index is 0.00935. The molecule has 72 valence electrons. The first-order valence-electron chi connectivity index (χ1n) is 4.27. The van der Waals surface area contributed by atoms with Gasteiger partial charge in [0.05, 0.1) is 5.69 Å². The van der Waals surface area contributed by atoms with Gasteiger partial charge in [-0.05, 0) is 24.4 Å². The zero-order valence-electron chi connectivity index (χ0n) is 7.62. The van der Waals surface area contributed by atoms with Crippen LogP contribution in [0.15, 0.2) is 16.8 Å². The molecule has 0 fully saturated rings. The van der Waals surface area contributed by atoms with E-state index in [9.17, 15) is 4.79 Å². The number of amides is 1. The molecule has 0 bridgehead atoms. The molecular weight excluding hydrogens is 184 g/mol. The lowest BCUT2D eigenvalue weighted by Gasteiger charge is -2.09. The molecule has 4 heteroatoms. The zero-order valence-corrected chi connectivity index (χ0v) is 8.43. The number of hydrogen-bond donors (Lipinski definition) is 2. The van der Waals surface area contributed by atoms with Crippen molar-refractivity contribution < 1.29 is 4.79 Å². The fourth-order valence-electron chi connectivity index (χ4n) is 0.982. The lowest BCUT2D eigenvalue weighted by Crippen LogP contribution is -2.22. The van der Waals surface area contributed by atoms with Crippen molar-refractivity contribution in [1.82, 2.24) is 0 Å². The van der Waals surface area contributed by atoms with Crippen molar-refractivity contribution >= 4 is 22.9 Å². The number of anilines is 1. The Labute approximate surface area is 81.9 Å². The highest BCUT2D eigenvalue weighted by atomic mass is 32.1. The SMILES string of the molecule is CC(CCN)C(=O)Nc1ccsc1. The predicted molar refractivity (Wildman–Crippen MR) is 55.8 cm³/mol. The second-order valence-electron chi connectivity index (χ2n) is 2.98. The average molecular weight is 198 g/mol. The summed E-state index contributed by atoms with van der Waals surface area (Å²) < 4.78 is 0. The van der Waals surface area contributed by atoms with Crippen LogP contribution in [0.1, 0.15) is 13.3 Å². The Kier molecular flexibility index (Phi) is 3.92. The van der Waals surface area contributed by atoms with Crippen LogP contribution in [0.25, 0.3) is 0 Å². The third-order valence-electron chi connectivity index (χ3n) is 1.84. The first kappa shape index (κ1) is 10.2. The molecule has 3 N–H and O–H groups in total. The highest BCUT2D eigenvalue weighted by Crippen LogP contribution is 2.13. The molecule has 0 saturated carbocycles. The molecular formula is C9H14N2OS. The number of hydrogen-bond acceptors (Lipinski definition) is 3. The van der Waals surface area contributed by atoms with Crippen LogP contribution in [-0.2, 0) is 4.79 Å². The van der Waals surface area contributed by atoms with Gasteiger partial charge in [0.1, 0.15) is 0 Å². The van der Waals surface area contributed by atoms with Crippen molar-refractivity contribution in [2.45, 2.75) is 13.3 Å². The summed E-state index contributed by atoms with van der Waals surface area (Å²) in [6.07, 6.45) is 0.732. The smallest absolute Gasteiger partial charge is 0.227 e. The van der Waals surface area contributed by atoms with Gasteiger partial charge in [0.2, 0.25) is 5.91 Å². The molecule has 1 aromatic rings. The van der Waals surface area contributed by atoms with E-state index in [-0.39, 0.29) is 11.8 Å². The Morgan fingerprint density at radius 3 is 3.08 bits per heavy atom. The minimum Gasteiger partial charge on any atom is -0.330 e. The number of carbonyl (C=O) groups is 1. The Balaban J connectivity index is 2.41. The molecule has 0 aliphatic carbocycles. The van der Waals surface area contributed by atoms with Gasteiger partial charge >= 0.3 is 0 Å². The van der Waals surface area contributed by atoms with Crippen LogP contribution in [0.3, 0.4) is 0 Å². The fraction of sp³-hybridized carbons (Fsp3) is 0.444. The number of rotatable bonds is 4. The summed E-state index contributed by atoms with van der Waals surface area (Å²) >= 11 is 1.57. The number of nitrogens with one attached hydrogen (secondary N) is 1. The van der Waals surface area contributed by atoms with E-state index in [1.165, 1.54) is 0 Å². The van der Waals surface area contributed by atoms with Gasteiger partial charge in [0.15, 0.2) is 0 Å². The molecule has 1 heterocycles. The van der Waals surface area contributed by atoms with Gasteiger partial charge < -0.3 is 11.1 Å². The molecule has 1 rings (SSSR count). The first-order chi connectivity index (χ1) is 6.24. The van der Waals surface area contributed by atoms with Crippen LogP contribution in [-0.4, -0.2) is 12.5 Å². The normalized spacial score (nSPS) is 12.5. The quantitative estimate of drug-likeness (QED) is 0.773. The van der Waals surface area contributed by atoms with Crippen LogP contribution in [0.2, 0.25) is 0 Å². The van der Waals surface area contributed by atoms with Crippen LogP contribution in [0.4, 0.5) is 5.69 Å². The van der Waals surface area contributed by atoms with Gasteiger partial charge in [-0.1, -0.05) is 6.92 Å². The number of thiophene rings is 1. The lowest BCUT2D eigenvalue weighted by molar-refractivity contribution is -0.119. The summed E-state index contributed by atoms with van der Waals surface area (Å²) in [7, 11) is 0. The van der Waals surface area contributed by atoms with E-state index >= 15 is 0 Å². The average Bonchev–Trinajstić information content (AvgIpc) is 2.57. The molecule has 0 aliphatic rings. The van der Waals surface area contributed by atoms with Gasteiger partial charge in [-0.25, -0.2) is 0 Å². The van der Waals surface area contributed by atoms with Gasteiger partial charge in [-0.15, -0.1) is 0 Å². The molecule has 1 atom stereocenters. The van der Waals surface area contributed by atoms with Gasteiger partial charge in [0, 0.05) is 11.3 Å². The van der Waals surface area contributed by atoms with Gasteiger partial charge in [-0.2, -0.15) is 11.3 Å². The Morgan fingerprint density at radius 1 is 1.77 bits per heavy atom. The molecule has 13 heavy (non-hydrogen) atoms. The maximum Gasteiger partial charge on any atom is 0.227 e. The second kappa shape index (κ2) is 4.99. The molecule has 1 unspecified atom stereocenters. The predicted octanol–water partition coefficient (Wildman–Crippen LogP) is 1.67. The van der Waals surface area contributed by atoms with Crippen LogP contribution >= 0.6 is 11.3 Å². The van der Waals surface area contributed by atoms with Crippen LogP contribution in [0, 0.1) is 5.92 Å². The second-order valence-corrected chi connectivity index (χ2v) is 3.76. The summed E-state index contributed by atoms with van der Waals surface area (Å²) in [4.78, 5) is 11.4. The van der Waals surface area contributed by atoms with E-state index < -0.39 is 0 Å². The van der Waals surface area contributed by atoms with Crippen molar-refractivity contribution in [3.8, 4) is 0 Å². The Morgan fingerprint density at radius 2 is 2.54 bits per heavy atom. The zero-order chi connectivity index (χ0) is 9.68. The fourth-order valence-corrected chi connectivity index (χ4v) is 1.57. The van der Waals surface area contributed by atoms with E-state index in [4.69, 9.17) is 5.73 Å². The molecule has 0 saturated heterocycles. The van der Waals surface area contributed by atoms with Crippen molar-refractivity contribution in [2.75, 3.05) is 11.9 Å². The molecule has 0 radical (unpaired) electrons. The highest BCUT2D eigenvalue weighted by Gasteiger charge is 2.11. The maximum absolute atomic E-state index is 11.4.